The first kappa shape index (κ1) is 21.6. The second-order valence-corrected chi connectivity index (χ2v) is 8.29. The number of hydrogen-bond donors (Lipinski definition) is 1. The Bertz CT molecular complexity index is 1350. The van der Waals surface area contributed by atoms with Crippen LogP contribution in [0.25, 0.3) is 17.0 Å². The highest BCUT2D eigenvalue weighted by atomic mass is 19.1. The number of halogens is 1. The smallest absolute Gasteiger partial charge is 0.322 e. The van der Waals surface area contributed by atoms with E-state index in [1.165, 1.54) is 12.1 Å². The number of benzene rings is 3. The van der Waals surface area contributed by atoms with Crippen molar-refractivity contribution >= 4 is 11.6 Å². The number of amides is 2. The van der Waals surface area contributed by atoms with Crippen molar-refractivity contribution in [1.29, 1.82) is 0 Å². The van der Waals surface area contributed by atoms with Crippen molar-refractivity contribution in [2.75, 3.05) is 0 Å². The topological polar surface area (TPSA) is 71.3 Å². The quantitative estimate of drug-likeness (QED) is 0.409. The molecule has 1 aliphatic heterocycles. The Morgan fingerprint density at radius 1 is 0.971 bits per heavy atom. The molecule has 1 aliphatic rings. The van der Waals surface area contributed by atoms with Crippen molar-refractivity contribution in [3.63, 3.8) is 0 Å². The zero-order chi connectivity index (χ0) is 23.7. The van der Waals surface area contributed by atoms with Gasteiger partial charge in [0.05, 0.1) is 18.2 Å². The Kier molecular flexibility index (Phi) is 5.67. The van der Waals surface area contributed by atoms with Crippen LogP contribution in [0.3, 0.4) is 0 Å². The van der Waals surface area contributed by atoms with Gasteiger partial charge in [-0.25, -0.2) is 9.18 Å². The number of hydrogen-bond acceptors (Lipinski definition) is 4. The van der Waals surface area contributed by atoms with Gasteiger partial charge in [0.15, 0.2) is 0 Å². The van der Waals surface area contributed by atoms with E-state index in [1.54, 1.807) is 17.0 Å². The summed E-state index contributed by atoms with van der Waals surface area (Å²) < 4.78 is 19.0. The SMILES string of the molecule is CC1=C(c2nc(-c3ccc(F)cc3)no2)C(c2ccccc2)NC(=O)N1Cc1ccc(C)cc1. The monoisotopic (exact) mass is 454 g/mol. The van der Waals surface area contributed by atoms with E-state index >= 15 is 0 Å². The molecule has 0 bridgehead atoms. The van der Waals surface area contributed by atoms with Crippen molar-refractivity contribution < 1.29 is 13.7 Å². The molecule has 6 nitrogen and oxygen atoms in total. The predicted molar refractivity (Wildman–Crippen MR) is 127 cm³/mol. The lowest BCUT2D eigenvalue weighted by Crippen LogP contribution is -2.45. The second-order valence-electron chi connectivity index (χ2n) is 8.29. The van der Waals surface area contributed by atoms with Gasteiger partial charge in [0, 0.05) is 11.3 Å². The standard InChI is InChI=1S/C27H23FN4O2/c1-17-8-10-19(11-9-17)16-32-18(2)23(24(29-27(32)33)20-6-4-3-5-7-20)26-30-25(31-34-26)21-12-14-22(28)15-13-21/h3-15,24H,16H2,1-2H3,(H,29,33). The normalized spacial score (nSPS) is 16.0. The molecule has 3 aromatic carbocycles. The third-order valence-corrected chi connectivity index (χ3v) is 5.95. The Labute approximate surface area is 196 Å². The lowest BCUT2D eigenvalue weighted by atomic mass is 9.94. The number of nitrogens with zero attached hydrogens (tertiary/aromatic N) is 3. The summed E-state index contributed by atoms with van der Waals surface area (Å²) in [6.07, 6.45) is 0. The van der Waals surface area contributed by atoms with Gasteiger partial charge in [-0.3, -0.25) is 4.90 Å². The number of allylic oxidation sites excluding steroid dienone is 1. The Morgan fingerprint density at radius 2 is 1.68 bits per heavy atom. The van der Waals surface area contributed by atoms with E-state index in [-0.39, 0.29) is 11.8 Å². The minimum Gasteiger partial charge on any atom is -0.334 e. The van der Waals surface area contributed by atoms with Crippen LogP contribution in [0, 0.1) is 12.7 Å². The molecule has 5 rings (SSSR count). The minimum absolute atomic E-state index is 0.200. The summed E-state index contributed by atoms with van der Waals surface area (Å²) in [5.74, 6) is 0.320. The molecule has 170 valence electrons. The maximum Gasteiger partial charge on any atom is 0.322 e. The highest BCUT2D eigenvalue weighted by Gasteiger charge is 2.35. The third-order valence-electron chi connectivity index (χ3n) is 5.95. The highest BCUT2D eigenvalue weighted by molar-refractivity contribution is 5.86. The second kappa shape index (κ2) is 8.94. The molecule has 1 unspecified atom stereocenters. The zero-order valence-electron chi connectivity index (χ0n) is 18.8. The van der Waals surface area contributed by atoms with E-state index < -0.39 is 6.04 Å². The van der Waals surface area contributed by atoms with E-state index in [0.29, 0.717) is 23.8 Å². The van der Waals surface area contributed by atoms with Gasteiger partial charge in [0.25, 0.3) is 5.89 Å². The number of urea groups is 1. The van der Waals surface area contributed by atoms with Gasteiger partial charge in [0.2, 0.25) is 5.82 Å². The van der Waals surface area contributed by atoms with Gasteiger partial charge in [0.1, 0.15) is 5.82 Å². The summed E-state index contributed by atoms with van der Waals surface area (Å²) in [6.45, 7) is 4.32. The first-order chi connectivity index (χ1) is 16.5. The Morgan fingerprint density at radius 3 is 2.38 bits per heavy atom. The molecular formula is C27H23FN4O2. The van der Waals surface area contributed by atoms with Crippen LogP contribution in [-0.2, 0) is 6.54 Å². The van der Waals surface area contributed by atoms with E-state index in [0.717, 1.165) is 28.0 Å². The summed E-state index contributed by atoms with van der Waals surface area (Å²) in [7, 11) is 0. The number of carbonyl (C=O) groups excluding carboxylic acids is 1. The van der Waals surface area contributed by atoms with Crippen molar-refractivity contribution in [1.82, 2.24) is 20.4 Å². The molecule has 1 N–H and O–H groups in total. The van der Waals surface area contributed by atoms with Crippen LogP contribution in [0.4, 0.5) is 9.18 Å². The molecule has 0 aliphatic carbocycles. The number of carbonyl (C=O) groups is 1. The molecule has 34 heavy (non-hydrogen) atoms. The minimum atomic E-state index is -0.454. The van der Waals surface area contributed by atoms with E-state index in [1.807, 2.05) is 68.4 Å². The maximum absolute atomic E-state index is 13.4. The molecule has 1 atom stereocenters. The van der Waals surface area contributed by atoms with Crippen LogP contribution in [-0.4, -0.2) is 21.1 Å². The van der Waals surface area contributed by atoms with Gasteiger partial charge in [-0.2, -0.15) is 4.98 Å². The van der Waals surface area contributed by atoms with Gasteiger partial charge in [-0.1, -0.05) is 65.3 Å². The van der Waals surface area contributed by atoms with Gasteiger partial charge < -0.3 is 9.84 Å². The molecule has 0 spiro atoms. The van der Waals surface area contributed by atoms with Crippen LogP contribution in [0.15, 0.2) is 89.1 Å². The molecule has 7 heteroatoms. The van der Waals surface area contributed by atoms with Crippen LogP contribution >= 0.6 is 0 Å². The van der Waals surface area contributed by atoms with Crippen molar-refractivity contribution in [2.45, 2.75) is 26.4 Å². The number of aromatic nitrogens is 2. The lowest BCUT2D eigenvalue weighted by Gasteiger charge is -2.35. The summed E-state index contributed by atoms with van der Waals surface area (Å²) in [4.78, 5) is 19.5. The van der Waals surface area contributed by atoms with Gasteiger partial charge in [-0.15, -0.1) is 0 Å². The Balaban J connectivity index is 1.58. The largest absolute Gasteiger partial charge is 0.334 e. The fraction of sp³-hybridized carbons (Fsp3) is 0.148. The van der Waals surface area contributed by atoms with Gasteiger partial charge >= 0.3 is 6.03 Å². The summed E-state index contributed by atoms with van der Waals surface area (Å²) in [5, 5.41) is 7.22. The average molecular weight is 455 g/mol. The molecule has 0 saturated carbocycles. The lowest BCUT2D eigenvalue weighted by molar-refractivity contribution is 0.203. The summed E-state index contributed by atoms with van der Waals surface area (Å²) in [5.41, 5.74) is 5.16. The Hall–Kier alpha value is -4.26. The van der Waals surface area contributed by atoms with Crippen molar-refractivity contribution in [3.05, 3.63) is 113 Å². The molecule has 0 radical (unpaired) electrons. The zero-order valence-corrected chi connectivity index (χ0v) is 18.8. The molecule has 0 fully saturated rings. The predicted octanol–water partition coefficient (Wildman–Crippen LogP) is 5.88. The number of aryl methyl sites for hydroxylation is 1. The summed E-state index contributed by atoms with van der Waals surface area (Å²) in [6, 6.07) is 23.0. The molecule has 1 aromatic heterocycles. The molecule has 2 heterocycles. The molecule has 2 amide bonds. The van der Waals surface area contributed by atoms with Crippen molar-refractivity contribution in [2.24, 2.45) is 0 Å². The first-order valence-electron chi connectivity index (χ1n) is 11.0. The van der Waals surface area contributed by atoms with E-state index in [9.17, 15) is 9.18 Å². The third kappa shape index (κ3) is 4.20. The van der Waals surface area contributed by atoms with Crippen molar-refractivity contribution in [3.8, 4) is 11.4 Å². The van der Waals surface area contributed by atoms with E-state index in [4.69, 9.17) is 4.52 Å². The van der Waals surface area contributed by atoms with Crippen LogP contribution < -0.4 is 5.32 Å². The van der Waals surface area contributed by atoms with Gasteiger partial charge in [-0.05, 0) is 49.2 Å². The molecule has 0 saturated heterocycles. The fourth-order valence-corrected chi connectivity index (χ4v) is 4.07. The van der Waals surface area contributed by atoms with Crippen LogP contribution in [0.1, 0.15) is 35.5 Å². The fourth-order valence-electron chi connectivity index (χ4n) is 4.07. The number of nitrogens with one attached hydrogen (secondary N) is 1. The molecule has 4 aromatic rings. The maximum atomic E-state index is 13.4. The number of rotatable bonds is 5. The summed E-state index contributed by atoms with van der Waals surface area (Å²) >= 11 is 0. The average Bonchev–Trinajstić information content (AvgIpc) is 3.33. The highest BCUT2D eigenvalue weighted by Crippen LogP contribution is 2.37. The first-order valence-corrected chi connectivity index (χ1v) is 11.0. The molecular weight excluding hydrogens is 431 g/mol. The van der Waals surface area contributed by atoms with Crippen LogP contribution in [0.5, 0.6) is 0 Å². The van der Waals surface area contributed by atoms with E-state index in [2.05, 4.69) is 15.5 Å². The van der Waals surface area contributed by atoms with Crippen LogP contribution in [0.2, 0.25) is 0 Å².